The number of aromatic nitrogens is 1. The minimum atomic E-state index is 0.456. The van der Waals surface area contributed by atoms with Crippen molar-refractivity contribution in [2.24, 2.45) is 4.99 Å². The van der Waals surface area contributed by atoms with Crippen LogP contribution in [0.2, 0.25) is 0 Å². The van der Waals surface area contributed by atoms with Crippen LogP contribution in [0.4, 0.5) is 0 Å². The molecule has 0 saturated carbocycles. The average Bonchev–Trinajstić information content (AvgIpc) is 2.73. The van der Waals surface area contributed by atoms with E-state index in [-0.39, 0.29) is 0 Å². The zero-order chi connectivity index (χ0) is 19.8. The van der Waals surface area contributed by atoms with Gasteiger partial charge in [0.25, 0.3) is 0 Å². The normalized spacial score (nSPS) is 24.1. The third kappa shape index (κ3) is 6.15. The Kier molecular flexibility index (Phi) is 8.06. The summed E-state index contributed by atoms with van der Waals surface area (Å²) in [6, 6.07) is 7.54. The SMILES string of the molecule is CN=C(NCC(C)N1CCOCC1C)NC1CCN(Cc2ccccn2)CC1. The second kappa shape index (κ2) is 10.7. The number of guanidine groups is 1. The summed E-state index contributed by atoms with van der Waals surface area (Å²) in [5, 5.41) is 7.13. The number of likely N-dealkylation sites (tertiary alicyclic amines) is 1. The van der Waals surface area contributed by atoms with Gasteiger partial charge in [-0.25, -0.2) is 0 Å². The van der Waals surface area contributed by atoms with E-state index >= 15 is 0 Å². The first-order valence-corrected chi connectivity index (χ1v) is 10.6. The van der Waals surface area contributed by atoms with Gasteiger partial charge in [0.2, 0.25) is 0 Å². The number of nitrogens with one attached hydrogen (secondary N) is 2. The number of aliphatic imine (C=N–C) groups is 1. The summed E-state index contributed by atoms with van der Waals surface area (Å²) in [6.07, 6.45) is 4.13. The number of rotatable bonds is 6. The lowest BCUT2D eigenvalue weighted by atomic mass is 10.0. The molecule has 1 aromatic rings. The van der Waals surface area contributed by atoms with Crippen LogP contribution in [0, 0.1) is 0 Å². The summed E-state index contributed by atoms with van der Waals surface area (Å²) in [4.78, 5) is 13.9. The largest absolute Gasteiger partial charge is 0.379 e. The lowest BCUT2D eigenvalue weighted by Crippen LogP contribution is -2.54. The van der Waals surface area contributed by atoms with Crippen LogP contribution < -0.4 is 10.6 Å². The maximum Gasteiger partial charge on any atom is 0.191 e. The molecule has 3 rings (SSSR count). The topological polar surface area (TPSA) is 65.0 Å². The summed E-state index contributed by atoms with van der Waals surface area (Å²) in [5.41, 5.74) is 1.15. The molecule has 2 aliphatic rings. The molecule has 0 aliphatic carbocycles. The monoisotopic (exact) mass is 388 g/mol. The van der Waals surface area contributed by atoms with Gasteiger partial charge in [0.1, 0.15) is 0 Å². The molecule has 2 saturated heterocycles. The van der Waals surface area contributed by atoms with Crippen molar-refractivity contribution in [1.29, 1.82) is 0 Å². The van der Waals surface area contributed by atoms with E-state index in [4.69, 9.17) is 4.74 Å². The lowest BCUT2D eigenvalue weighted by molar-refractivity contribution is -0.0174. The number of piperidine rings is 1. The molecule has 0 aromatic carbocycles. The van der Waals surface area contributed by atoms with Crippen molar-refractivity contribution < 1.29 is 4.74 Å². The van der Waals surface area contributed by atoms with Crippen molar-refractivity contribution in [2.45, 2.75) is 51.4 Å². The van der Waals surface area contributed by atoms with Crippen LogP contribution in [0.3, 0.4) is 0 Å². The minimum Gasteiger partial charge on any atom is -0.379 e. The molecular formula is C21H36N6O. The molecule has 7 nitrogen and oxygen atoms in total. The van der Waals surface area contributed by atoms with Gasteiger partial charge in [-0.05, 0) is 38.8 Å². The van der Waals surface area contributed by atoms with Crippen LogP contribution >= 0.6 is 0 Å². The van der Waals surface area contributed by atoms with Gasteiger partial charge in [0.05, 0.1) is 18.9 Å². The van der Waals surface area contributed by atoms with Crippen molar-refractivity contribution in [3.63, 3.8) is 0 Å². The molecule has 2 unspecified atom stereocenters. The minimum absolute atomic E-state index is 0.456. The maximum atomic E-state index is 5.55. The van der Waals surface area contributed by atoms with Crippen LogP contribution in [0.5, 0.6) is 0 Å². The van der Waals surface area contributed by atoms with Gasteiger partial charge in [-0.2, -0.15) is 0 Å². The van der Waals surface area contributed by atoms with E-state index in [2.05, 4.69) is 56.4 Å². The molecule has 156 valence electrons. The first-order chi connectivity index (χ1) is 13.7. The molecule has 2 atom stereocenters. The third-order valence-electron chi connectivity index (χ3n) is 5.81. The Labute approximate surface area is 169 Å². The average molecular weight is 389 g/mol. The number of ether oxygens (including phenoxy) is 1. The summed E-state index contributed by atoms with van der Waals surface area (Å²) >= 11 is 0. The molecule has 7 heteroatoms. The molecule has 0 bridgehead atoms. The van der Waals surface area contributed by atoms with Crippen molar-refractivity contribution in [2.75, 3.05) is 46.4 Å². The highest BCUT2D eigenvalue weighted by Gasteiger charge is 2.24. The summed E-state index contributed by atoms with van der Waals surface area (Å²) in [7, 11) is 1.85. The van der Waals surface area contributed by atoms with Gasteiger partial charge in [-0.15, -0.1) is 0 Å². The van der Waals surface area contributed by atoms with Gasteiger partial charge < -0.3 is 15.4 Å². The molecule has 28 heavy (non-hydrogen) atoms. The van der Waals surface area contributed by atoms with Crippen molar-refractivity contribution in [3.8, 4) is 0 Å². The van der Waals surface area contributed by atoms with E-state index in [1.165, 1.54) is 0 Å². The summed E-state index contributed by atoms with van der Waals surface area (Å²) < 4.78 is 5.55. The Morgan fingerprint density at radius 3 is 2.82 bits per heavy atom. The zero-order valence-corrected chi connectivity index (χ0v) is 17.6. The Hall–Kier alpha value is -1.70. The summed E-state index contributed by atoms with van der Waals surface area (Å²) in [5.74, 6) is 0.913. The molecule has 0 amide bonds. The second-order valence-electron chi connectivity index (χ2n) is 7.98. The van der Waals surface area contributed by atoms with Crippen molar-refractivity contribution in [1.82, 2.24) is 25.4 Å². The fraction of sp³-hybridized carbons (Fsp3) is 0.714. The lowest BCUT2D eigenvalue weighted by Gasteiger charge is -2.38. The molecule has 2 fully saturated rings. The van der Waals surface area contributed by atoms with E-state index in [0.29, 0.717) is 18.1 Å². The van der Waals surface area contributed by atoms with Crippen LogP contribution in [0.15, 0.2) is 29.4 Å². The van der Waals surface area contributed by atoms with E-state index in [1.54, 1.807) is 0 Å². The van der Waals surface area contributed by atoms with Crippen LogP contribution in [0.1, 0.15) is 32.4 Å². The van der Waals surface area contributed by atoms with Crippen molar-refractivity contribution >= 4 is 5.96 Å². The van der Waals surface area contributed by atoms with E-state index in [9.17, 15) is 0 Å². The van der Waals surface area contributed by atoms with Gasteiger partial charge in [-0.1, -0.05) is 6.07 Å². The summed E-state index contributed by atoms with van der Waals surface area (Å²) in [6.45, 7) is 11.2. The molecule has 1 aromatic heterocycles. The quantitative estimate of drug-likeness (QED) is 0.566. The predicted octanol–water partition coefficient (Wildman–Crippen LogP) is 1.32. The number of pyridine rings is 1. The first-order valence-electron chi connectivity index (χ1n) is 10.6. The highest BCUT2D eigenvalue weighted by Crippen LogP contribution is 2.13. The van der Waals surface area contributed by atoms with E-state index in [1.807, 2.05) is 19.3 Å². The Balaban J connectivity index is 1.38. The smallest absolute Gasteiger partial charge is 0.191 e. The van der Waals surface area contributed by atoms with Crippen LogP contribution in [0.25, 0.3) is 0 Å². The number of nitrogens with zero attached hydrogens (tertiary/aromatic N) is 4. The molecular weight excluding hydrogens is 352 g/mol. The first kappa shape index (κ1) is 21.0. The number of hydrogen-bond donors (Lipinski definition) is 2. The maximum absolute atomic E-state index is 5.55. The van der Waals surface area contributed by atoms with Gasteiger partial charge in [0.15, 0.2) is 5.96 Å². The highest BCUT2D eigenvalue weighted by atomic mass is 16.5. The Morgan fingerprint density at radius 2 is 2.14 bits per heavy atom. The van der Waals surface area contributed by atoms with Crippen molar-refractivity contribution in [3.05, 3.63) is 30.1 Å². The predicted molar refractivity (Wildman–Crippen MR) is 113 cm³/mol. The third-order valence-corrected chi connectivity index (χ3v) is 5.81. The number of morpholine rings is 1. The number of hydrogen-bond acceptors (Lipinski definition) is 5. The molecule has 0 radical (unpaired) electrons. The van der Waals surface area contributed by atoms with Gasteiger partial charge in [-0.3, -0.25) is 19.8 Å². The fourth-order valence-corrected chi connectivity index (χ4v) is 4.10. The molecule has 3 heterocycles. The molecule has 2 aliphatic heterocycles. The Bertz CT molecular complexity index is 602. The molecule has 2 N–H and O–H groups in total. The van der Waals surface area contributed by atoms with Gasteiger partial charge >= 0.3 is 0 Å². The van der Waals surface area contributed by atoms with E-state index in [0.717, 1.165) is 70.4 Å². The van der Waals surface area contributed by atoms with E-state index < -0.39 is 0 Å². The van der Waals surface area contributed by atoms with Crippen LogP contribution in [-0.2, 0) is 11.3 Å². The second-order valence-corrected chi connectivity index (χ2v) is 7.98. The van der Waals surface area contributed by atoms with Crippen LogP contribution in [-0.4, -0.2) is 85.3 Å². The Morgan fingerprint density at radius 1 is 1.32 bits per heavy atom. The molecule has 0 spiro atoms. The zero-order valence-electron chi connectivity index (χ0n) is 17.6. The highest BCUT2D eigenvalue weighted by molar-refractivity contribution is 5.80. The standard InChI is InChI=1S/C21H36N6O/c1-17(27-12-13-28-16-18(27)2)14-24-21(22-3)25-19-7-10-26(11-8-19)15-20-6-4-5-9-23-20/h4-6,9,17-19H,7-8,10-16H2,1-3H3,(H2,22,24,25). The fourth-order valence-electron chi connectivity index (χ4n) is 4.10. The van der Waals surface area contributed by atoms with Gasteiger partial charge in [0, 0.05) is 64.1 Å².